The number of fused-ring (bicyclic) bond motifs is 2. The number of aromatic nitrogens is 2. The van der Waals surface area contributed by atoms with Gasteiger partial charge in [-0.05, 0) is 26.2 Å². The maximum atomic E-state index is 12.2. The molecule has 0 fully saturated rings. The third-order valence-corrected chi connectivity index (χ3v) is 5.94. The first kappa shape index (κ1) is 21.8. The van der Waals surface area contributed by atoms with E-state index in [1.54, 1.807) is 17.5 Å². The lowest BCUT2D eigenvalue weighted by Gasteiger charge is -2.16. The third kappa shape index (κ3) is 3.93. The van der Waals surface area contributed by atoms with Crippen LogP contribution < -0.4 is 9.47 Å². The fraction of sp³-hybridized carbons (Fsp3) is 0.292. The first-order valence-corrected chi connectivity index (χ1v) is 11.4. The molecular formula is C24H24N2O5S. The summed E-state index contributed by atoms with van der Waals surface area (Å²) in [5.74, 6) is 1.02. The van der Waals surface area contributed by atoms with Crippen LogP contribution in [0.15, 0.2) is 36.5 Å². The smallest absolute Gasteiger partial charge is 0.311 e. The third-order valence-electron chi connectivity index (χ3n) is 4.95. The van der Waals surface area contributed by atoms with Gasteiger partial charge in [0, 0.05) is 22.5 Å². The van der Waals surface area contributed by atoms with Gasteiger partial charge in [-0.15, -0.1) is 11.3 Å². The highest BCUT2D eigenvalue weighted by Gasteiger charge is 2.23. The molecule has 0 radical (unpaired) electrons. The Balaban J connectivity index is 1.91. The molecule has 4 aromatic rings. The second-order valence-electron chi connectivity index (χ2n) is 6.95. The van der Waals surface area contributed by atoms with Gasteiger partial charge in [-0.2, -0.15) is 0 Å². The van der Waals surface area contributed by atoms with E-state index in [4.69, 9.17) is 19.2 Å². The van der Waals surface area contributed by atoms with Crippen molar-refractivity contribution in [3.05, 3.63) is 47.1 Å². The van der Waals surface area contributed by atoms with Gasteiger partial charge >= 0.3 is 5.97 Å². The highest BCUT2D eigenvalue weighted by atomic mass is 32.1. The number of thiazole rings is 1. The zero-order valence-corrected chi connectivity index (χ0v) is 19.0. The lowest BCUT2D eigenvalue weighted by Crippen LogP contribution is -2.06. The molecule has 0 unspecified atom stereocenters. The van der Waals surface area contributed by atoms with Gasteiger partial charge < -0.3 is 14.2 Å². The zero-order chi connectivity index (χ0) is 22.7. The molecule has 0 aliphatic heterocycles. The molecule has 2 aromatic carbocycles. The molecule has 32 heavy (non-hydrogen) atoms. The molecule has 8 heteroatoms. The van der Waals surface area contributed by atoms with Gasteiger partial charge in [0.05, 0.1) is 31.8 Å². The Labute approximate surface area is 189 Å². The molecule has 0 aliphatic carbocycles. The van der Waals surface area contributed by atoms with Crippen LogP contribution >= 0.6 is 11.3 Å². The van der Waals surface area contributed by atoms with Crippen LogP contribution in [0.5, 0.6) is 11.5 Å². The number of rotatable bonds is 9. The average Bonchev–Trinajstić information content (AvgIpc) is 3.31. The number of nitrogens with zero attached hydrogens (tertiary/aromatic N) is 2. The Hall–Kier alpha value is -3.39. The van der Waals surface area contributed by atoms with Crippen LogP contribution in [0.1, 0.15) is 36.1 Å². The molecule has 0 bridgehead atoms. The van der Waals surface area contributed by atoms with Gasteiger partial charge in [-0.25, -0.2) is 4.98 Å². The maximum Gasteiger partial charge on any atom is 0.311 e. The van der Waals surface area contributed by atoms with E-state index in [2.05, 4.69) is 0 Å². The van der Waals surface area contributed by atoms with Gasteiger partial charge in [0.1, 0.15) is 22.9 Å². The molecule has 2 heterocycles. The van der Waals surface area contributed by atoms with Crippen LogP contribution in [0.25, 0.3) is 27.0 Å². The number of esters is 1. The maximum absolute atomic E-state index is 12.2. The average molecular weight is 453 g/mol. The van der Waals surface area contributed by atoms with Crippen LogP contribution in [0.2, 0.25) is 0 Å². The van der Waals surface area contributed by atoms with Crippen molar-refractivity contribution >= 4 is 39.3 Å². The van der Waals surface area contributed by atoms with Crippen molar-refractivity contribution in [2.75, 3.05) is 19.8 Å². The minimum atomic E-state index is -0.305. The number of benzene rings is 2. The van der Waals surface area contributed by atoms with E-state index in [-0.39, 0.29) is 12.4 Å². The molecule has 2 aromatic heterocycles. The van der Waals surface area contributed by atoms with E-state index in [9.17, 15) is 9.59 Å². The van der Waals surface area contributed by atoms with Crippen molar-refractivity contribution in [2.24, 2.45) is 0 Å². The van der Waals surface area contributed by atoms with E-state index in [0.29, 0.717) is 41.9 Å². The minimum Gasteiger partial charge on any atom is -0.493 e. The predicted octanol–water partition coefficient (Wildman–Crippen LogP) is 4.93. The number of imidazole rings is 1. The van der Waals surface area contributed by atoms with E-state index in [0.717, 1.165) is 33.2 Å². The lowest BCUT2D eigenvalue weighted by atomic mass is 9.99. The molecule has 0 saturated heterocycles. The number of carbonyl (C=O) groups is 2. The lowest BCUT2D eigenvalue weighted by molar-refractivity contribution is -0.142. The zero-order valence-electron chi connectivity index (χ0n) is 18.2. The Morgan fingerprint density at radius 1 is 1.06 bits per heavy atom. The normalized spacial score (nSPS) is 11.1. The number of hydrogen-bond donors (Lipinski definition) is 0. The van der Waals surface area contributed by atoms with Crippen molar-refractivity contribution in [1.82, 2.24) is 9.38 Å². The van der Waals surface area contributed by atoms with Crippen LogP contribution in [0, 0.1) is 0 Å². The summed E-state index contributed by atoms with van der Waals surface area (Å²) < 4.78 is 18.6. The Bertz CT molecular complexity index is 1290. The van der Waals surface area contributed by atoms with Crippen LogP contribution in [-0.2, 0) is 16.0 Å². The number of carbonyl (C=O) groups excluding carboxylic acids is 2. The fourth-order valence-corrected chi connectivity index (χ4v) is 4.72. The predicted molar refractivity (Wildman–Crippen MR) is 124 cm³/mol. The summed E-state index contributed by atoms with van der Waals surface area (Å²) in [5, 5.41) is 1.81. The van der Waals surface area contributed by atoms with Crippen LogP contribution in [0.3, 0.4) is 0 Å². The summed E-state index contributed by atoms with van der Waals surface area (Å²) in [6, 6.07) is 9.70. The first-order valence-electron chi connectivity index (χ1n) is 10.5. The minimum absolute atomic E-state index is 0.145. The molecule has 0 saturated carbocycles. The SMILES string of the molecule is CCOC(=O)Cc1cn2c(C=O)c(-c3c(OCC)cc(OCC)c4ccccc34)nc2s1. The second kappa shape index (κ2) is 9.40. The van der Waals surface area contributed by atoms with Crippen molar-refractivity contribution in [1.29, 1.82) is 0 Å². The summed E-state index contributed by atoms with van der Waals surface area (Å²) >= 11 is 1.36. The summed E-state index contributed by atoms with van der Waals surface area (Å²) in [7, 11) is 0. The molecule has 0 N–H and O–H groups in total. The van der Waals surface area contributed by atoms with E-state index in [1.165, 1.54) is 11.3 Å². The van der Waals surface area contributed by atoms with Gasteiger partial charge in [0.2, 0.25) is 0 Å². The molecule has 4 rings (SSSR count). The highest BCUT2D eigenvalue weighted by molar-refractivity contribution is 7.17. The van der Waals surface area contributed by atoms with Crippen LogP contribution in [0.4, 0.5) is 0 Å². The van der Waals surface area contributed by atoms with E-state index >= 15 is 0 Å². The summed E-state index contributed by atoms with van der Waals surface area (Å²) in [6.45, 7) is 6.93. The summed E-state index contributed by atoms with van der Waals surface area (Å²) in [6.07, 6.45) is 2.71. The standard InChI is InChI=1S/C24H24N2O5S/c1-4-29-19-12-20(30-5-2)22(17-10-8-7-9-16(17)19)23-18(14-27)26-13-15(32-24(26)25-23)11-21(28)31-6-3/h7-10,12-14H,4-6,11H2,1-3H3. The topological polar surface area (TPSA) is 79.1 Å². The monoisotopic (exact) mass is 452 g/mol. The molecule has 0 spiro atoms. The van der Waals surface area contributed by atoms with E-state index in [1.807, 2.05) is 44.2 Å². The van der Waals surface area contributed by atoms with Crippen molar-refractivity contribution in [3.63, 3.8) is 0 Å². The van der Waals surface area contributed by atoms with Gasteiger partial charge in [0.15, 0.2) is 11.2 Å². The Morgan fingerprint density at radius 3 is 2.47 bits per heavy atom. The van der Waals surface area contributed by atoms with E-state index < -0.39 is 0 Å². The molecule has 0 atom stereocenters. The van der Waals surface area contributed by atoms with Crippen molar-refractivity contribution < 1.29 is 23.8 Å². The molecule has 166 valence electrons. The van der Waals surface area contributed by atoms with Gasteiger partial charge in [0.25, 0.3) is 0 Å². The van der Waals surface area contributed by atoms with Gasteiger partial charge in [-0.3, -0.25) is 14.0 Å². The molecule has 0 aliphatic rings. The quantitative estimate of drug-likeness (QED) is 0.265. The van der Waals surface area contributed by atoms with Crippen molar-refractivity contribution in [3.8, 4) is 22.8 Å². The Kier molecular flexibility index (Phi) is 6.41. The van der Waals surface area contributed by atoms with Crippen molar-refractivity contribution in [2.45, 2.75) is 27.2 Å². The first-order chi connectivity index (χ1) is 15.6. The molecule has 0 amide bonds. The number of aldehydes is 1. The Morgan fingerprint density at radius 2 is 1.78 bits per heavy atom. The van der Waals surface area contributed by atoms with Gasteiger partial charge in [-0.1, -0.05) is 24.3 Å². The summed E-state index contributed by atoms with van der Waals surface area (Å²) in [5.41, 5.74) is 1.69. The molecular weight excluding hydrogens is 428 g/mol. The number of hydrogen-bond acceptors (Lipinski definition) is 7. The largest absolute Gasteiger partial charge is 0.493 e. The number of ether oxygens (including phenoxy) is 3. The second-order valence-corrected chi connectivity index (χ2v) is 8.05. The highest BCUT2D eigenvalue weighted by Crippen LogP contribution is 2.43. The molecule has 7 nitrogen and oxygen atoms in total. The van der Waals surface area contributed by atoms with Crippen LogP contribution in [-0.4, -0.2) is 41.5 Å². The summed E-state index contributed by atoms with van der Waals surface area (Å²) in [4.78, 5) is 30.2. The fourth-order valence-electron chi connectivity index (χ4n) is 3.75.